The van der Waals surface area contributed by atoms with Crippen LogP contribution in [-0.4, -0.2) is 58.2 Å². The van der Waals surface area contributed by atoms with Crippen molar-refractivity contribution in [2.45, 2.75) is 57.2 Å². The number of aromatic nitrogens is 1. The topological polar surface area (TPSA) is 39.6 Å². The molecule has 0 unspecified atom stereocenters. The summed E-state index contributed by atoms with van der Waals surface area (Å²) in [6.07, 6.45) is 8.25. The fraction of sp³-hybridized carbons (Fsp3) is 0.500. The average Bonchev–Trinajstić information content (AvgIpc) is 2.76. The van der Waals surface area contributed by atoms with Crippen LogP contribution in [0.25, 0.3) is 0 Å². The number of fused-ring (bicyclic) bond motifs is 1. The number of aliphatic hydroxyl groups is 1. The van der Waals surface area contributed by atoms with Gasteiger partial charge < -0.3 is 5.11 Å². The maximum Gasteiger partial charge on any atom is 0.0593 e. The molecule has 158 valence electrons. The Balaban J connectivity index is 1.50. The maximum atomic E-state index is 10.1. The zero-order valence-electron chi connectivity index (χ0n) is 18.0. The minimum atomic E-state index is 0.224. The number of unbranched alkanes of at least 4 members (excludes halogenated alkanes) is 1. The monoisotopic (exact) mass is 403 g/mol. The zero-order chi connectivity index (χ0) is 20.8. The van der Waals surface area contributed by atoms with Crippen LogP contribution in [0.1, 0.15) is 55.2 Å². The van der Waals surface area contributed by atoms with Gasteiger partial charge in [-0.2, -0.15) is 0 Å². The number of hydrogen-bond acceptors (Lipinski definition) is 4. The van der Waals surface area contributed by atoms with E-state index in [-0.39, 0.29) is 12.6 Å². The van der Waals surface area contributed by atoms with E-state index in [2.05, 4.69) is 63.9 Å². The molecule has 4 heteroatoms. The molecule has 0 spiro atoms. The summed E-state index contributed by atoms with van der Waals surface area (Å²) in [4.78, 5) is 9.39. The smallest absolute Gasteiger partial charge is 0.0593 e. The molecule has 0 bridgehead atoms. The van der Waals surface area contributed by atoms with Gasteiger partial charge in [-0.15, -0.1) is 0 Å². The Kier molecular flexibility index (Phi) is 7.17. The SMILES string of the molecule is CCCC#Cc1ccc([C@H]2[C@@H](CO)N3CCCCN(Cc4cccnc4)C[C@@H]23)cc1. The second kappa shape index (κ2) is 10.2. The lowest BCUT2D eigenvalue weighted by Gasteiger charge is -2.57. The number of aliphatic hydroxyl groups excluding tert-OH is 1. The summed E-state index contributed by atoms with van der Waals surface area (Å²) in [6.45, 7) is 6.58. The highest BCUT2D eigenvalue weighted by Gasteiger charge is 2.48. The number of benzene rings is 1. The highest BCUT2D eigenvalue weighted by atomic mass is 16.3. The van der Waals surface area contributed by atoms with Gasteiger partial charge >= 0.3 is 0 Å². The summed E-state index contributed by atoms with van der Waals surface area (Å²) in [7, 11) is 0. The molecule has 30 heavy (non-hydrogen) atoms. The van der Waals surface area contributed by atoms with E-state index in [9.17, 15) is 5.11 Å². The predicted octanol–water partition coefficient (Wildman–Crippen LogP) is 3.66. The second-order valence-corrected chi connectivity index (χ2v) is 8.56. The maximum absolute atomic E-state index is 10.1. The molecule has 2 aliphatic heterocycles. The normalized spacial score (nSPS) is 24.7. The van der Waals surface area contributed by atoms with Crippen molar-refractivity contribution in [2.75, 3.05) is 26.2 Å². The van der Waals surface area contributed by atoms with E-state index in [1.807, 2.05) is 18.5 Å². The van der Waals surface area contributed by atoms with Gasteiger partial charge in [0, 0.05) is 55.5 Å². The molecule has 1 aromatic carbocycles. The van der Waals surface area contributed by atoms with E-state index in [4.69, 9.17) is 0 Å². The van der Waals surface area contributed by atoms with Crippen molar-refractivity contribution in [3.8, 4) is 11.8 Å². The van der Waals surface area contributed by atoms with Crippen LogP contribution in [0.4, 0.5) is 0 Å². The minimum Gasteiger partial charge on any atom is -0.395 e. The Hall–Kier alpha value is -2.19. The van der Waals surface area contributed by atoms with Gasteiger partial charge in [-0.3, -0.25) is 14.8 Å². The molecule has 3 atom stereocenters. The molecule has 0 amide bonds. The molecule has 2 saturated heterocycles. The van der Waals surface area contributed by atoms with Crippen molar-refractivity contribution in [3.63, 3.8) is 0 Å². The first kappa shape index (κ1) is 21.1. The Morgan fingerprint density at radius 1 is 1.13 bits per heavy atom. The van der Waals surface area contributed by atoms with E-state index in [0.29, 0.717) is 12.0 Å². The summed E-state index contributed by atoms with van der Waals surface area (Å²) in [5.41, 5.74) is 3.69. The molecule has 3 heterocycles. The van der Waals surface area contributed by atoms with Crippen LogP contribution in [0.15, 0.2) is 48.8 Å². The molecule has 1 N–H and O–H groups in total. The fourth-order valence-electron chi connectivity index (χ4n) is 4.98. The third-order valence-electron chi connectivity index (χ3n) is 6.49. The van der Waals surface area contributed by atoms with Gasteiger partial charge in [-0.1, -0.05) is 37.0 Å². The summed E-state index contributed by atoms with van der Waals surface area (Å²) in [5.74, 6) is 6.86. The minimum absolute atomic E-state index is 0.224. The van der Waals surface area contributed by atoms with Crippen molar-refractivity contribution < 1.29 is 5.11 Å². The van der Waals surface area contributed by atoms with E-state index in [1.54, 1.807) is 0 Å². The molecule has 0 saturated carbocycles. The van der Waals surface area contributed by atoms with E-state index < -0.39 is 0 Å². The Morgan fingerprint density at radius 3 is 2.70 bits per heavy atom. The van der Waals surface area contributed by atoms with Crippen LogP contribution in [0, 0.1) is 11.8 Å². The molecular formula is C26H33N3O. The lowest BCUT2D eigenvalue weighted by Crippen LogP contribution is -2.67. The molecule has 4 rings (SSSR count). The lowest BCUT2D eigenvalue weighted by molar-refractivity contribution is -0.0655. The van der Waals surface area contributed by atoms with Crippen molar-refractivity contribution in [2.24, 2.45) is 0 Å². The Bertz CT molecular complexity index is 855. The molecule has 2 aliphatic rings. The first-order valence-electron chi connectivity index (χ1n) is 11.4. The van der Waals surface area contributed by atoms with Crippen LogP contribution < -0.4 is 0 Å². The van der Waals surface area contributed by atoms with Crippen molar-refractivity contribution >= 4 is 0 Å². The zero-order valence-corrected chi connectivity index (χ0v) is 18.0. The van der Waals surface area contributed by atoms with Crippen LogP contribution >= 0.6 is 0 Å². The van der Waals surface area contributed by atoms with E-state index in [1.165, 1.54) is 24.0 Å². The second-order valence-electron chi connectivity index (χ2n) is 8.56. The third kappa shape index (κ3) is 4.75. The number of pyridine rings is 1. The van der Waals surface area contributed by atoms with Crippen molar-refractivity contribution in [1.82, 2.24) is 14.8 Å². The predicted molar refractivity (Wildman–Crippen MR) is 121 cm³/mol. The largest absolute Gasteiger partial charge is 0.395 e. The van der Waals surface area contributed by atoms with Gasteiger partial charge in [0.25, 0.3) is 0 Å². The average molecular weight is 404 g/mol. The molecule has 4 nitrogen and oxygen atoms in total. The summed E-state index contributed by atoms with van der Waals surface area (Å²) in [6, 6.07) is 13.6. The molecule has 0 aliphatic carbocycles. The van der Waals surface area contributed by atoms with Crippen molar-refractivity contribution in [3.05, 3.63) is 65.5 Å². The fourth-order valence-corrected chi connectivity index (χ4v) is 4.98. The first-order chi connectivity index (χ1) is 14.8. The summed E-state index contributed by atoms with van der Waals surface area (Å²) in [5, 5.41) is 10.1. The van der Waals surface area contributed by atoms with Gasteiger partial charge in [0.1, 0.15) is 0 Å². The van der Waals surface area contributed by atoms with Crippen LogP contribution in [-0.2, 0) is 6.54 Å². The number of rotatable bonds is 5. The molecule has 2 aromatic rings. The van der Waals surface area contributed by atoms with Gasteiger partial charge in [0.15, 0.2) is 0 Å². The quantitative estimate of drug-likeness (QED) is 0.774. The van der Waals surface area contributed by atoms with E-state index in [0.717, 1.165) is 44.6 Å². The van der Waals surface area contributed by atoms with E-state index >= 15 is 0 Å². The molecular weight excluding hydrogens is 370 g/mol. The standard InChI is InChI=1S/C26H33N3O/c1-2-3-4-8-21-10-12-23(13-11-21)26-24-19-28(18-22-9-7-14-27-17-22)15-5-6-16-29(24)25(26)20-30/h7,9-14,17,24-26,30H,2-3,5-6,15-16,18-20H2,1H3/t24-,25+,26+/m0/s1. The van der Waals surface area contributed by atoms with Crippen LogP contribution in [0.3, 0.4) is 0 Å². The van der Waals surface area contributed by atoms with Gasteiger partial charge in [-0.25, -0.2) is 0 Å². The Morgan fingerprint density at radius 2 is 1.97 bits per heavy atom. The molecule has 0 radical (unpaired) electrons. The van der Waals surface area contributed by atoms with Gasteiger partial charge in [0.05, 0.1) is 6.61 Å². The third-order valence-corrected chi connectivity index (χ3v) is 6.49. The van der Waals surface area contributed by atoms with Gasteiger partial charge in [0.2, 0.25) is 0 Å². The van der Waals surface area contributed by atoms with Crippen molar-refractivity contribution in [1.29, 1.82) is 0 Å². The summed E-state index contributed by atoms with van der Waals surface area (Å²) >= 11 is 0. The highest BCUT2D eigenvalue weighted by Crippen LogP contribution is 2.42. The molecule has 1 aromatic heterocycles. The van der Waals surface area contributed by atoms with Crippen LogP contribution in [0.5, 0.6) is 0 Å². The van der Waals surface area contributed by atoms with Gasteiger partial charge in [-0.05, 0) is 61.7 Å². The highest BCUT2D eigenvalue weighted by molar-refractivity contribution is 5.39. The molecule has 2 fully saturated rings. The van der Waals surface area contributed by atoms with Crippen LogP contribution in [0.2, 0.25) is 0 Å². The Labute approximate surface area is 180 Å². The first-order valence-corrected chi connectivity index (χ1v) is 11.4. The summed E-state index contributed by atoms with van der Waals surface area (Å²) < 4.78 is 0. The number of hydrogen-bond donors (Lipinski definition) is 1. The lowest BCUT2D eigenvalue weighted by atomic mass is 9.74. The number of nitrogens with zero attached hydrogens (tertiary/aromatic N) is 3.